The molecular formula is C10H20N2O2. The molecule has 4 nitrogen and oxygen atoms in total. The lowest BCUT2D eigenvalue weighted by Crippen LogP contribution is -2.49. The van der Waals surface area contributed by atoms with Crippen LogP contribution in [-0.2, 0) is 4.79 Å². The van der Waals surface area contributed by atoms with Crippen LogP contribution in [0.2, 0.25) is 0 Å². The van der Waals surface area contributed by atoms with Crippen molar-refractivity contribution in [3.8, 4) is 0 Å². The number of amides is 1. The third kappa shape index (κ3) is 2.96. The van der Waals surface area contributed by atoms with E-state index in [1.165, 1.54) is 0 Å². The first-order chi connectivity index (χ1) is 6.65. The number of aliphatic hydroxyl groups excluding tert-OH is 1. The number of aliphatic hydroxyl groups is 1. The molecule has 1 aliphatic heterocycles. The van der Waals surface area contributed by atoms with Crippen LogP contribution in [0, 0.1) is 0 Å². The normalized spacial score (nSPS) is 19.0. The van der Waals surface area contributed by atoms with Crippen molar-refractivity contribution >= 4 is 5.91 Å². The largest absolute Gasteiger partial charge is 0.394 e. The minimum absolute atomic E-state index is 0.0405. The average molecular weight is 200 g/mol. The molecule has 0 aromatic rings. The van der Waals surface area contributed by atoms with E-state index in [9.17, 15) is 4.79 Å². The Bertz CT molecular complexity index is 189. The highest BCUT2D eigenvalue weighted by atomic mass is 16.3. The van der Waals surface area contributed by atoms with E-state index >= 15 is 0 Å². The Morgan fingerprint density at radius 2 is 2.00 bits per heavy atom. The zero-order chi connectivity index (χ0) is 10.6. The molecule has 0 saturated carbocycles. The molecule has 1 aliphatic rings. The fourth-order valence-electron chi connectivity index (χ4n) is 1.76. The molecule has 0 aromatic carbocycles. The molecule has 1 heterocycles. The lowest BCUT2D eigenvalue weighted by molar-refractivity contribution is -0.133. The summed E-state index contributed by atoms with van der Waals surface area (Å²) in [5.74, 6) is 0.0405. The first-order valence-electron chi connectivity index (χ1n) is 5.31. The third-order valence-electron chi connectivity index (χ3n) is 2.43. The molecule has 4 heteroatoms. The molecule has 0 radical (unpaired) electrons. The van der Waals surface area contributed by atoms with Gasteiger partial charge in [0.1, 0.15) is 6.04 Å². The van der Waals surface area contributed by atoms with Crippen LogP contribution in [0.1, 0.15) is 26.7 Å². The number of nitrogens with one attached hydrogen (secondary N) is 1. The van der Waals surface area contributed by atoms with Crippen molar-refractivity contribution in [2.24, 2.45) is 0 Å². The molecule has 82 valence electrons. The fourth-order valence-corrected chi connectivity index (χ4v) is 1.76. The van der Waals surface area contributed by atoms with Gasteiger partial charge in [-0.15, -0.1) is 0 Å². The summed E-state index contributed by atoms with van der Waals surface area (Å²) in [6.45, 7) is 5.51. The summed E-state index contributed by atoms with van der Waals surface area (Å²) in [7, 11) is 0. The van der Waals surface area contributed by atoms with E-state index in [1.54, 1.807) is 0 Å². The minimum Gasteiger partial charge on any atom is -0.394 e. The number of rotatable bonds is 4. The zero-order valence-electron chi connectivity index (χ0n) is 8.99. The van der Waals surface area contributed by atoms with Gasteiger partial charge in [0, 0.05) is 19.1 Å². The molecule has 1 amide bonds. The third-order valence-corrected chi connectivity index (χ3v) is 2.43. The predicted molar refractivity (Wildman–Crippen MR) is 55.0 cm³/mol. The molecule has 2 N–H and O–H groups in total. The highest BCUT2D eigenvalue weighted by Gasteiger charge is 2.25. The number of hydrogen-bond acceptors (Lipinski definition) is 3. The number of hydrogen-bond donors (Lipinski definition) is 2. The monoisotopic (exact) mass is 200 g/mol. The topological polar surface area (TPSA) is 52.6 Å². The van der Waals surface area contributed by atoms with Crippen molar-refractivity contribution in [3.05, 3.63) is 0 Å². The Hall–Kier alpha value is -0.610. The summed E-state index contributed by atoms with van der Waals surface area (Å²) >= 11 is 0. The maximum atomic E-state index is 11.8. The van der Waals surface area contributed by atoms with Gasteiger partial charge in [-0.25, -0.2) is 0 Å². The van der Waals surface area contributed by atoms with Crippen molar-refractivity contribution < 1.29 is 9.90 Å². The van der Waals surface area contributed by atoms with E-state index in [4.69, 9.17) is 5.11 Å². The van der Waals surface area contributed by atoms with Gasteiger partial charge in [-0.3, -0.25) is 4.79 Å². The Labute approximate surface area is 85.3 Å². The van der Waals surface area contributed by atoms with Gasteiger partial charge in [0.15, 0.2) is 0 Å². The quantitative estimate of drug-likeness (QED) is 0.670. The first-order valence-corrected chi connectivity index (χ1v) is 5.31. The SMILES string of the molecule is CC(C)N[C@@H](CO)C(=O)N1CCCC1. The van der Waals surface area contributed by atoms with E-state index in [-0.39, 0.29) is 18.6 Å². The minimum atomic E-state index is -0.423. The van der Waals surface area contributed by atoms with Crippen LogP contribution in [0.3, 0.4) is 0 Å². The maximum absolute atomic E-state index is 11.8. The number of carbonyl (C=O) groups excluding carboxylic acids is 1. The van der Waals surface area contributed by atoms with Crippen LogP contribution in [0.25, 0.3) is 0 Å². The van der Waals surface area contributed by atoms with E-state index in [0.29, 0.717) is 0 Å². The Morgan fingerprint density at radius 3 is 2.43 bits per heavy atom. The van der Waals surface area contributed by atoms with Crippen molar-refractivity contribution in [3.63, 3.8) is 0 Å². The molecule has 0 unspecified atom stereocenters. The standard InChI is InChI=1S/C10H20N2O2/c1-8(2)11-9(7-13)10(14)12-5-3-4-6-12/h8-9,11,13H,3-7H2,1-2H3/t9-/m0/s1. The number of likely N-dealkylation sites (tertiary alicyclic amines) is 1. The Kier molecular flexibility index (Phi) is 4.35. The van der Waals surface area contributed by atoms with Crippen LogP contribution >= 0.6 is 0 Å². The van der Waals surface area contributed by atoms with Crippen LogP contribution in [-0.4, -0.2) is 47.7 Å². The van der Waals surface area contributed by atoms with Gasteiger partial charge in [0.05, 0.1) is 6.61 Å². The first kappa shape index (κ1) is 11.5. The van der Waals surface area contributed by atoms with E-state index < -0.39 is 6.04 Å². The van der Waals surface area contributed by atoms with E-state index in [1.807, 2.05) is 18.7 Å². The zero-order valence-corrected chi connectivity index (χ0v) is 8.99. The molecule has 14 heavy (non-hydrogen) atoms. The van der Waals surface area contributed by atoms with Crippen molar-refractivity contribution in [2.45, 2.75) is 38.8 Å². The second-order valence-electron chi connectivity index (χ2n) is 4.09. The van der Waals surface area contributed by atoms with Gasteiger partial charge >= 0.3 is 0 Å². The van der Waals surface area contributed by atoms with Crippen molar-refractivity contribution in [2.75, 3.05) is 19.7 Å². The van der Waals surface area contributed by atoms with Gasteiger partial charge in [0.2, 0.25) is 5.91 Å². The molecule has 1 rings (SSSR count). The highest BCUT2D eigenvalue weighted by molar-refractivity contribution is 5.82. The molecule has 0 aliphatic carbocycles. The summed E-state index contributed by atoms with van der Waals surface area (Å²) in [6.07, 6.45) is 2.18. The molecular weight excluding hydrogens is 180 g/mol. The lowest BCUT2D eigenvalue weighted by Gasteiger charge is -2.24. The highest BCUT2D eigenvalue weighted by Crippen LogP contribution is 2.09. The summed E-state index contributed by atoms with van der Waals surface area (Å²) < 4.78 is 0. The molecule has 0 bridgehead atoms. The average Bonchev–Trinajstić information content (AvgIpc) is 2.65. The molecule has 1 saturated heterocycles. The van der Waals surface area contributed by atoms with Crippen molar-refractivity contribution in [1.82, 2.24) is 10.2 Å². The second kappa shape index (κ2) is 5.32. The smallest absolute Gasteiger partial charge is 0.242 e. The van der Waals surface area contributed by atoms with Gasteiger partial charge < -0.3 is 15.3 Å². The Morgan fingerprint density at radius 1 is 1.43 bits per heavy atom. The van der Waals surface area contributed by atoms with Crippen LogP contribution in [0.5, 0.6) is 0 Å². The number of carbonyl (C=O) groups is 1. The van der Waals surface area contributed by atoms with Gasteiger partial charge in [-0.2, -0.15) is 0 Å². The lowest BCUT2D eigenvalue weighted by atomic mass is 10.2. The van der Waals surface area contributed by atoms with Gasteiger partial charge in [-0.1, -0.05) is 13.8 Å². The van der Waals surface area contributed by atoms with Crippen LogP contribution in [0.4, 0.5) is 0 Å². The number of nitrogens with zero attached hydrogens (tertiary/aromatic N) is 1. The summed E-state index contributed by atoms with van der Waals surface area (Å²) in [5.41, 5.74) is 0. The van der Waals surface area contributed by atoms with Gasteiger partial charge in [0.25, 0.3) is 0 Å². The van der Waals surface area contributed by atoms with Crippen LogP contribution < -0.4 is 5.32 Å². The maximum Gasteiger partial charge on any atom is 0.242 e. The molecule has 0 spiro atoms. The van der Waals surface area contributed by atoms with E-state index in [2.05, 4.69) is 5.32 Å². The fraction of sp³-hybridized carbons (Fsp3) is 0.900. The Balaban J connectivity index is 2.46. The molecule has 1 fully saturated rings. The summed E-state index contributed by atoms with van der Waals surface area (Å²) in [5, 5.41) is 12.2. The van der Waals surface area contributed by atoms with Crippen LogP contribution in [0.15, 0.2) is 0 Å². The summed E-state index contributed by atoms with van der Waals surface area (Å²) in [6, 6.07) is -0.202. The van der Waals surface area contributed by atoms with Gasteiger partial charge in [-0.05, 0) is 12.8 Å². The predicted octanol–water partition coefficient (Wildman–Crippen LogP) is -0.0323. The summed E-state index contributed by atoms with van der Waals surface area (Å²) in [4.78, 5) is 13.6. The van der Waals surface area contributed by atoms with Crippen molar-refractivity contribution in [1.29, 1.82) is 0 Å². The molecule has 1 atom stereocenters. The second-order valence-corrected chi connectivity index (χ2v) is 4.09. The molecule has 0 aromatic heterocycles. The van der Waals surface area contributed by atoms with E-state index in [0.717, 1.165) is 25.9 Å².